The topological polar surface area (TPSA) is 86.3 Å². The van der Waals surface area contributed by atoms with E-state index in [1.807, 2.05) is 24.9 Å². The van der Waals surface area contributed by atoms with Crippen LogP contribution in [0.3, 0.4) is 0 Å². The Morgan fingerprint density at radius 2 is 2.05 bits per heavy atom. The molecular formula is C12H14N8. The molecule has 1 N–H and O–H groups in total. The lowest BCUT2D eigenvalue weighted by Crippen LogP contribution is -2.08. The molecule has 0 aromatic carbocycles. The fraction of sp³-hybridized carbons (Fsp3) is 0.250. The Morgan fingerprint density at radius 3 is 2.75 bits per heavy atom. The van der Waals surface area contributed by atoms with Crippen molar-refractivity contribution in [3.63, 3.8) is 0 Å². The van der Waals surface area contributed by atoms with Gasteiger partial charge in [0.15, 0.2) is 5.82 Å². The van der Waals surface area contributed by atoms with E-state index in [-0.39, 0.29) is 0 Å². The lowest BCUT2D eigenvalue weighted by atomic mass is 10.4. The van der Waals surface area contributed by atoms with Crippen molar-refractivity contribution in [2.75, 3.05) is 5.32 Å². The summed E-state index contributed by atoms with van der Waals surface area (Å²) in [5.74, 6) is 2.15. The monoisotopic (exact) mass is 270 g/mol. The van der Waals surface area contributed by atoms with Crippen molar-refractivity contribution in [2.45, 2.75) is 6.54 Å². The number of aromatic nitrogens is 7. The van der Waals surface area contributed by atoms with Gasteiger partial charge in [-0.1, -0.05) is 0 Å². The number of nitrogens with zero attached hydrogens (tertiary/aromatic N) is 7. The smallest absolute Gasteiger partial charge is 0.223 e. The summed E-state index contributed by atoms with van der Waals surface area (Å²) >= 11 is 0. The van der Waals surface area contributed by atoms with E-state index >= 15 is 0 Å². The average molecular weight is 270 g/mol. The summed E-state index contributed by atoms with van der Waals surface area (Å²) in [6.07, 6.45) is 6.85. The first-order valence-electron chi connectivity index (χ1n) is 6.11. The highest BCUT2D eigenvalue weighted by Gasteiger charge is 2.08. The van der Waals surface area contributed by atoms with Crippen LogP contribution in [0.15, 0.2) is 31.0 Å². The molecule has 0 aliphatic rings. The molecular weight excluding hydrogens is 256 g/mol. The van der Waals surface area contributed by atoms with Gasteiger partial charge >= 0.3 is 0 Å². The van der Waals surface area contributed by atoms with E-state index < -0.39 is 0 Å². The second-order valence-electron chi connectivity index (χ2n) is 4.28. The minimum absolute atomic E-state index is 0.536. The fourth-order valence-corrected chi connectivity index (χ4v) is 1.82. The van der Waals surface area contributed by atoms with Crippen LogP contribution in [0.25, 0.3) is 11.5 Å². The van der Waals surface area contributed by atoms with Crippen molar-refractivity contribution in [2.24, 2.45) is 14.1 Å². The lowest BCUT2D eigenvalue weighted by molar-refractivity contribution is 0.771. The average Bonchev–Trinajstić information content (AvgIpc) is 3.05. The zero-order valence-corrected chi connectivity index (χ0v) is 11.2. The zero-order valence-electron chi connectivity index (χ0n) is 11.2. The molecule has 8 heteroatoms. The SMILES string of the molecule is Cn1ccnc1CNc1nccc(-c2ncnn2C)n1. The van der Waals surface area contributed by atoms with E-state index in [4.69, 9.17) is 0 Å². The minimum Gasteiger partial charge on any atom is -0.347 e. The van der Waals surface area contributed by atoms with Crippen LogP contribution < -0.4 is 5.32 Å². The number of imidazole rings is 1. The first kappa shape index (κ1) is 12.3. The highest BCUT2D eigenvalue weighted by molar-refractivity contribution is 5.50. The zero-order chi connectivity index (χ0) is 13.9. The molecule has 0 radical (unpaired) electrons. The van der Waals surface area contributed by atoms with Crippen LogP contribution in [0.1, 0.15) is 5.82 Å². The van der Waals surface area contributed by atoms with Gasteiger partial charge in [0.1, 0.15) is 17.8 Å². The molecule has 0 amide bonds. The van der Waals surface area contributed by atoms with Crippen molar-refractivity contribution >= 4 is 5.95 Å². The maximum absolute atomic E-state index is 4.42. The van der Waals surface area contributed by atoms with Crippen molar-refractivity contribution in [1.82, 2.24) is 34.3 Å². The number of aryl methyl sites for hydroxylation is 2. The summed E-state index contributed by atoms with van der Waals surface area (Å²) in [6.45, 7) is 0.561. The third kappa shape index (κ3) is 2.35. The first-order chi connectivity index (χ1) is 9.74. The number of hydrogen-bond donors (Lipinski definition) is 1. The highest BCUT2D eigenvalue weighted by atomic mass is 15.3. The van der Waals surface area contributed by atoms with E-state index in [9.17, 15) is 0 Å². The molecule has 3 aromatic heterocycles. The largest absolute Gasteiger partial charge is 0.347 e. The minimum atomic E-state index is 0.536. The molecule has 0 saturated carbocycles. The van der Waals surface area contributed by atoms with Crippen LogP contribution in [-0.4, -0.2) is 34.3 Å². The maximum Gasteiger partial charge on any atom is 0.223 e. The Balaban J connectivity index is 1.78. The van der Waals surface area contributed by atoms with Gasteiger partial charge in [0.05, 0.1) is 6.54 Å². The van der Waals surface area contributed by atoms with Crippen LogP contribution in [0.4, 0.5) is 5.95 Å². The quantitative estimate of drug-likeness (QED) is 0.747. The molecule has 0 atom stereocenters. The molecule has 0 aliphatic carbocycles. The maximum atomic E-state index is 4.42. The summed E-state index contributed by atoms with van der Waals surface area (Å²) in [4.78, 5) is 17.0. The second-order valence-corrected chi connectivity index (χ2v) is 4.28. The van der Waals surface area contributed by atoms with E-state index in [1.54, 1.807) is 23.1 Å². The summed E-state index contributed by atoms with van der Waals surface area (Å²) in [5, 5.41) is 7.18. The van der Waals surface area contributed by atoms with Gasteiger partial charge in [-0.15, -0.1) is 0 Å². The molecule has 3 rings (SSSR count). The van der Waals surface area contributed by atoms with Crippen molar-refractivity contribution in [3.05, 3.63) is 36.8 Å². The second kappa shape index (κ2) is 5.08. The van der Waals surface area contributed by atoms with Crippen molar-refractivity contribution in [1.29, 1.82) is 0 Å². The number of nitrogens with one attached hydrogen (secondary N) is 1. The number of hydrogen-bond acceptors (Lipinski definition) is 6. The molecule has 0 bridgehead atoms. The molecule has 20 heavy (non-hydrogen) atoms. The van der Waals surface area contributed by atoms with Gasteiger partial charge in [-0.3, -0.25) is 0 Å². The van der Waals surface area contributed by atoms with E-state index in [0.717, 1.165) is 11.5 Å². The molecule has 8 nitrogen and oxygen atoms in total. The van der Waals surface area contributed by atoms with Crippen LogP contribution in [0.5, 0.6) is 0 Å². The first-order valence-corrected chi connectivity index (χ1v) is 6.11. The summed E-state index contributed by atoms with van der Waals surface area (Å²) in [6, 6.07) is 1.80. The summed E-state index contributed by atoms with van der Waals surface area (Å²) in [7, 11) is 3.77. The summed E-state index contributed by atoms with van der Waals surface area (Å²) in [5.41, 5.74) is 0.724. The molecule has 0 spiro atoms. The molecule has 3 aromatic rings. The molecule has 0 fully saturated rings. The predicted molar refractivity (Wildman–Crippen MR) is 72.6 cm³/mol. The van der Waals surface area contributed by atoms with Gasteiger partial charge in [0, 0.05) is 32.7 Å². The van der Waals surface area contributed by atoms with Gasteiger partial charge in [-0.05, 0) is 6.07 Å². The Bertz CT molecular complexity index is 714. The van der Waals surface area contributed by atoms with Crippen LogP contribution in [0.2, 0.25) is 0 Å². The number of anilines is 1. The number of rotatable bonds is 4. The van der Waals surface area contributed by atoms with Crippen LogP contribution >= 0.6 is 0 Å². The molecule has 3 heterocycles. The van der Waals surface area contributed by atoms with Gasteiger partial charge in [-0.2, -0.15) is 5.10 Å². The third-order valence-electron chi connectivity index (χ3n) is 2.92. The fourth-order valence-electron chi connectivity index (χ4n) is 1.82. The van der Waals surface area contributed by atoms with Gasteiger partial charge < -0.3 is 9.88 Å². The Labute approximate surface area is 115 Å². The summed E-state index contributed by atoms with van der Waals surface area (Å²) < 4.78 is 3.62. The molecule has 0 aliphatic heterocycles. The van der Waals surface area contributed by atoms with Crippen molar-refractivity contribution < 1.29 is 0 Å². The Kier molecular flexibility index (Phi) is 3.12. The van der Waals surface area contributed by atoms with Crippen LogP contribution in [0, 0.1) is 0 Å². The lowest BCUT2D eigenvalue weighted by Gasteiger charge is -2.06. The molecule has 102 valence electrons. The van der Waals surface area contributed by atoms with E-state index in [0.29, 0.717) is 18.3 Å². The van der Waals surface area contributed by atoms with Gasteiger partial charge in [0.2, 0.25) is 5.95 Å². The Hall–Kier alpha value is -2.77. The van der Waals surface area contributed by atoms with Gasteiger partial charge in [-0.25, -0.2) is 24.6 Å². The predicted octanol–water partition coefficient (Wildman–Crippen LogP) is 0.618. The normalized spacial score (nSPS) is 10.7. The molecule has 0 unspecified atom stereocenters. The molecule has 0 saturated heterocycles. The van der Waals surface area contributed by atoms with Crippen LogP contribution in [-0.2, 0) is 20.6 Å². The standard InChI is InChI=1S/C12H14N8/c1-19-6-5-13-10(19)7-15-12-14-4-3-9(18-12)11-16-8-17-20(11)2/h3-6,8H,7H2,1-2H3,(H,14,15,18). The van der Waals surface area contributed by atoms with E-state index in [2.05, 4.69) is 30.4 Å². The van der Waals surface area contributed by atoms with Gasteiger partial charge in [0.25, 0.3) is 0 Å². The Morgan fingerprint density at radius 1 is 1.15 bits per heavy atom. The van der Waals surface area contributed by atoms with Crippen molar-refractivity contribution in [3.8, 4) is 11.5 Å². The highest BCUT2D eigenvalue weighted by Crippen LogP contribution is 2.13. The third-order valence-corrected chi connectivity index (χ3v) is 2.92. The van der Waals surface area contributed by atoms with E-state index in [1.165, 1.54) is 6.33 Å².